The summed E-state index contributed by atoms with van der Waals surface area (Å²) in [5.74, 6) is 0.311. The smallest absolute Gasteiger partial charge is 0.413 e. The van der Waals surface area contributed by atoms with Crippen LogP contribution in [-0.2, 0) is 16.7 Å². The van der Waals surface area contributed by atoms with Gasteiger partial charge in [-0.25, -0.2) is 9.18 Å². The van der Waals surface area contributed by atoms with Crippen LogP contribution in [0.5, 0.6) is 0 Å². The molecule has 2 heterocycles. The number of ether oxygens (including phenoxy) is 1. The number of ketones is 1. The van der Waals surface area contributed by atoms with E-state index in [9.17, 15) is 14.0 Å². The van der Waals surface area contributed by atoms with Gasteiger partial charge >= 0.3 is 6.09 Å². The number of carbonyl (C=O) groups is 2. The third-order valence-corrected chi connectivity index (χ3v) is 6.63. The fraction of sp³-hybridized carbons (Fsp3) is 0.400. The molecule has 1 aliphatic carbocycles. The van der Waals surface area contributed by atoms with Crippen LogP contribution in [0.15, 0.2) is 41.5 Å². The van der Waals surface area contributed by atoms with Crippen molar-refractivity contribution >= 4 is 28.8 Å². The maximum Gasteiger partial charge on any atom is 0.413 e. The van der Waals surface area contributed by atoms with Gasteiger partial charge in [-0.15, -0.1) is 0 Å². The minimum atomic E-state index is -0.760. The molecule has 1 saturated carbocycles. The Kier molecular flexibility index (Phi) is 6.45. The first-order valence-corrected chi connectivity index (χ1v) is 12.0. The Morgan fingerprint density at radius 3 is 2.79 bits per heavy atom. The molecule has 1 amide bonds. The summed E-state index contributed by atoms with van der Waals surface area (Å²) in [6, 6.07) is 9.67. The molecule has 4 rings (SSSR count). The molecule has 1 aromatic carbocycles. The Labute approximate surface area is 201 Å². The van der Waals surface area contributed by atoms with E-state index in [1.807, 2.05) is 6.07 Å². The number of nitrogens with one attached hydrogen (secondary N) is 1. The van der Waals surface area contributed by atoms with Crippen LogP contribution in [-0.4, -0.2) is 33.4 Å². The molecule has 176 valence electrons. The first kappa shape index (κ1) is 23.9. The van der Waals surface area contributed by atoms with Gasteiger partial charge in [0.25, 0.3) is 0 Å². The summed E-state index contributed by atoms with van der Waals surface area (Å²) in [6.07, 6.45) is 2.33. The van der Waals surface area contributed by atoms with Crippen molar-refractivity contribution in [3.8, 4) is 6.07 Å². The fourth-order valence-corrected chi connectivity index (χ4v) is 5.04. The van der Waals surface area contributed by atoms with Gasteiger partial charge in [0.05, 0.1) is 11.1 Å². The van der Waals surface area contributed by atoms with E-state index in [0.717, 1.165) is 12.2 Å². The largest absolute Gasteiger partial charge is 0.444 e. The number of aromatic nitrogens is 1. The highest BCUT2D eigenvalue weighted by Crippen LogP contribution is 2.59. The third kappa shape index (κ3) is 5.28. The van der Waals surface area contributed by atoms with E-state index in [-0.39, 0.29) is 29.6 Å². The van der Waals surface area contributed by atoms with Gasteiger partial charge < -0.3 is 4.74 Å². The number of hydrogen-bond acceptors (Lipinski definition) is 7. The van der Waals surface area contributed by atoms with Crippen molar-refractivity contribution in [1.82, 2.24) is 10.3 Å². The van der Waals surface area contributed by atoms with Crippen LogP contribution in [0.25, 0.3) is 0 Å². The van der Waals surface area contributed by atoms with Gasteiger partial charge in [-0.3, -0.25) is 20.1 Å². The van der Waals surface area contributed by atoms with Crippen molar-refractivity contribution in [2.24, 2.45) is 10.9 Å². The standard InChI is InChI=1S/C25H25FN4O3S/c1-24(2,3)33-23(32)29-22-30-25(12-17(25)8-9-34-22)18-10-15(4-6-19(18)26)11-21(31)20-7-5-16(13-27)14-28-20/h4-7,10,14,17H,8-9,11-12H2,1-3H3,(H,29,30,32)/t17-,25+/m1/s1. The van der Waals surface area contributed by atoms with Crippen LogP contribution in [0.4, 0.5) is 9.18 Å². The molecule has 0 bridgehead atoms. The molecule has 0 unspecified atom stereocenters. The van der Waals surface area contributed by atoms with Crippen molar-refractivity contribution in [2.75, 3.05) is 5.75 Å². The lowest BCUT2D eigenvalue weighted by molar-refractivity contribution is 0.0564. The molecular formula is C25H25FN4O3S. The number of fused-ring (bicyclic) bond motifs is 1. The van der Waals surface area contributed by atoms with Gasteiger partial charge in [0, 0.05) is 23.9 Å². The van der Waals surface area contributed by atoms with Crippen molar-refractivity contribution < 1.29 is 18.7 Å². The SMILES string of the molecule is CC(C)(C)OC(=O)NC1=N[C@@]2(c3cc(CC(=O)c4ccc(C#N)cn4)ccc3F)C[C@H]2CCS1. The summed E-state index contributed by atoms with van der Waals surface area (Å²) >= 11 is 1.42. The van der Waals surface area contributed by atoms with E-state index in [4.69, 9.17) is 15.0 Å². The number of alkyl carbamates (subject to hydrolysis) is 1. The molecule has 1 aromatic heterocycles. The van der Waals surface area contributed by atoms with Crippen molar-refractivity contribution in [2.45, 2.75) is 51.2 Å². The topological polar surface area (TPSA) is 104 Å². The minimum Gasteiger partial charge on any atom is -0.444 e. The number of aliphatic imine (C=N–C) groups is 1. The lowest BCUT2D eigenvalue weighted by atomic mass is 9.96. The van der Waals surface area contributed by atoms with E-state index >= 15 is 0 Å². The highest BCUT2D eigenvalue weighted by Gasteiger charge is 2.57. The van der Waals surface area contributed by atoms with Gasteiger partial charge in [-0.1, -0.05) is 17.8 Å². The molecule has 2 aliphatic rings. The van der Waals surface area contributed by atoms with Gasteiger partial charge in [-0.05, 0) is 69.4 Å². The number of pyridine rings is 1. The third-order valence-electron chi connectivity index (χ3n) is 5.73. The Hall–Kier alpha value is -3.25. The van der Waals surface area contributed by atoms with Crippen LogP contribution in [0.2, 0.25) is 0 Å². The number of nitriles is 1. The van der Waals surface area contributed by atoms with E-state index in [2.05, 4.69) is 10.3 Å². The van der Waals surface area contributed by atoms with E-state index in [1.54, 1.807) is 39.0 Å². The average Bonchev–Trinajstić information content (AvgIpc) is 3.48. The van der Waals surface area contributed by atoms with E-state index < -0.39 is 17.2 Å². The number of Topliss-reactive ketones (excluding diaryl/α,β-unsaturated/α-hetero) is 1. The van der Waals surface area contributed by atoms with Gasteiger partial charge in [0.2, 0.25) is 0 Å². The predicted molar refractivity (Wildman–Crippen MR) is 127 cm³/mol. The van der Waals surface area contributed by atoms with Gasteiger partial charge in [0.1, 0.15) is 23.2 Å². The lowest BCUT2D eigenvalue weighted by Gasteiger charge is -2.20. The monoisotopic (exact) mass is 480 g/mol. The highest BCUT2D eigenvalue weighted by molar-refractivity contribution is 8.13. The summed E-state index contributed by atoms with van der Waals surface area (Å²) < 4.78 is 20.3. The predicted octanol–water partition coefficient (Wildman–Crippen LogP) is 4.75. The number of carbonyl (C=O) groups excluding carboxylic acids is 2. The van der Waals surface area contributed by atoms with E-state index in [0.29, 0.717) is 28.3 Å². The average molecular weight is 481 g/mol. The number of amides is 1. The molecule has 1 fully saturated rings. The Morgan fingerprint density at radius 1 is 1.32 bits per heavy atom. The summed E-state index contributed by atoms with van der Waals surface area (Å²) in [6.45, 7) is 5.34. The lowest BCUT2D eigenvalue weighted by Crippen LogP contribution is -2.35. The van der Waals surface area contributed by atoms with Crippen LogP contribution in [0.3, 0.4) is 0 Å². The van der Waals surface area contributed by atoms with Crippen LogP contribution in [0, 0.1) is 23.1 Å². The summed E-state index contributed by atoms with van der Waals surface area (Å²) in [4.78, 5) is 33.8. The molecule has 9 heteroatoms. The number of nitrogens with zero attached hydrogens (tertiary/aromatic N) is 3. The van der Waals surface area contributed by atoms with Crippen molar-refractivity contribution in [3.05, 3.63) is 64.7 Å². The summed E-state index contributed by atoms with van der Waals surface area (Å²) in [5, 5.41) is 12.0. The molecule has 1 N–H and O–H groups in total. The maximum absolute atomic E-state index is 15.0. The molecule has 1 aliphatic heterocycles. The minimum absolute atomic E-state index is 0.0500. The number of halogens is 1. The Bertz CT molecular complexity index is 1200. The second-order valence-electron chi connectivity index (χ2n) is 9.46. The second-order valence-corrected chi connectivity index (χ2v) is 10.5. The molecular weight excluding hydrogens is 455 g/mol. The van der Waals surface area contributed by atoms with Crippen LogP contribution >= 0.6 is 11.8 Å². The molecule has 2 aromatic rings. The zero-order chi connectivity index (χ0) is 24.5. The zero-order valence-corrected chi connectivity index (χ0v) is 20.0. The zero-order valence-electron chi connectivity index (χ0n) is 19.2. The molecule has 7 nitrogen and oxygen atoms in total. The number of benzene rings is 1. The Balaban J connectivity index is 1.57. The first-order chi connectivity index (χ1) is 16.1. The first-order valence-electron chi connectivity index (χ1n) is 11.0. The number of hydrogen-bond donors (Lipinski definition) is 1. The number of amidine groups is 1. The fourth-order valence-electron chi connectivity index (χ4n) is 4.07. The van der Waals surface area contributed by atoms with Gasteiger partial charge in [-0.2, -0.15) is 5.26 Å². The van der Waals surface area contributed by atoms with Crippen molar-refractivity contribution in [1.29, 1.82) is 5.26 Å². The molecule has 0 radical (unpaired) electrons. The highest BCUT2D eigenvalue weighted by atomic mass is 32.2. The molecule has 2 atom stereocenters. The molecule has 0 saturated heterocycles. The summed E-state index contributed by atoms with van der Waals surface area (Å²) in [5.41, 5.74) is 0.308. The Morgan fingerprint density at radius 2 is 2.12 bits per heavy atom. The molecule has 34 heavy (non-hydrogen) atoms. The van der Waals surface area contributed by atoms with E-state index in [1.165, 1.54) is 30.1 Å². The number of rotatable bonds is 4. The molecule has 0 spiro atoms. The maximum atomic E-state index is 15.0. The van der Waals surface area contributed by atoms with Crippen molar-refractivity contribution in [3.63, 3.8) is 0 Å². The number of thioether (sulfide) groups is 1. The normalized spacial score (nSPS) is 21.4. The second kappa shape index (κ2) is 9.18. The van der Waals surface area contributed by atoms with Gasteiger partial charge in [0.15, 0.2) is 11.0 Å². The van der Waals surface area contributed by atoms with Crippen LogP contribution < -0.4 is 5.32 Å². The quantitative estimate of drug-likeness (QED) is 0.633. The van der Waals surface area contributed by atoms with Crippen LogP contribution in [0.1, 0.15) is 60.8 Å². The summed E-state index contributed by atoms with van der Waals surface area (Å²) in [7, 11) is 0.